The van der Waals surface area contributed by atoms with Gasteiger partial charge in [0.15, 0.2) is 0 Å². The number of hydrogen-bond acceptors (Lipinski definition) is 4. The van der Waals surface area contributed by atoms with Crippen LogP contribution in [0.4, 0.5) is 0 Å². The monoisotopic (exact) mass is 291 g/mol. The zero-order valence-corrected chi connectivity index (χ0v) is 11.8. The molecular weight excluding hydrogens is 278 g/mol. The molecule has 1 amide bonds. The summed E-state index contributed by atoms with van der Waals surface area (Å²) >= 11 is 0. The lowest BCUT2D eigenvalue weighted by molar-refractivity contribution is 0.0730. The third-order valence-electron chi connectivity index (χ3n) is 3.75. The summed E-state index contributed by atoms with van der Waals surface area (Å²) in [5.41, 5.74) is 3.49. The van der Waals surface area contributed by atoms with Crippen molar-refractivity contribution in [1.82, 2.24) is 24.9 Å². The molecule has 0 saturated carbocycles. The topological polar surface area (TPSA) is 63.9 Å². The highest BCUT2D eigenvalue weighted by atomic mass is 16.2. The lowest BCUT2D eigenvalue weighted by Crippen LogP contribution is -2.29. The van der Waals surface area contributed by atoms with E-state index < -0.39 is 0 Å². The molecule has 3 aromatic rings. The quantitative estimate of drug-likeness (QED) is 0.686. The van der Waals surface area contributed by atoms with Gasteiger partial charge in [0.05, 0.1) is 29.7 Å². The van der Waals surface area contributed by atoms with Crippen molar-refractivity contribution in [2.75, 3.05) is 0 Å². The van der Waals surface area contributed by atoms with Crippen LogP contribution in [0.2, 0.25) is 0 Å². The maximum absolute atomic E-state index is 12.7. The summed E-state index contributed by atoms with van der Waals surface area (Å²) in [4.78, 5) is 18.5. The van der Waals surface area contributed by atoms with Gasteiger partial charge in [-0.25, -0.2) is 4.68 Å². The number of aromatic nitrogens is 4. The fourth-order valence-corrected chi connectivity index (χ4v) is 2.69. The molecule has 0 unspecified atom stereocenters. The second kappa shape index (κ2) is 5.07. The molecule has 6 heteroatoms. The molecule has 0 saturated heterocycles. The van der Waals surface area contributed by atoms with Gasteiger partial charge in [-0.3, -0.25) is 9.78 Å². The molecule has 2 aromatic heterocycles. The van der Waals surface area contributed by atoms with Gasteiger partial charge >= 0.3 is 0 Å². The van der Waals surface area contributed by atoms with Gasteiger partial charge in [0, 0.05) is 18.9 Å². The van der Waals surface area contributed by atoms with Crippen molar-refractivity contribution in [1.29, 1.82) is 0 Å². The average molecular weight is 291 g/mol. The molecule has 0 fully saturated rings. The summed E-state index contributed by atoms with van der Waals surface area (Å²) in [6.07, 6.45) is 4.95. The van der Waals surface area contributed by atoms with Crippen molar-refractivity contribution in [3.63, 3.8) is 0 Å². The predicted molar refractivity (Wildman–Crippen MR) is 79.2 cm³/mol. The van der Waals surface area contributed by atoms with Gasteiger partial charge in [-0.15, -0.1) is 5.10 Å². The van der Waals surface area contributed by atoms with Gasteiger partial charge in [-0.05, 0) is 23.8 Å². The van der Waals surface area contributed by atoms with E-state index in [1.807, 2.05) is 24.3 Å². The van der Waals surface area contributed by atoms with E-state index in [0.29, 0.717) is 18.7 Å². The Kier molecular flexibility index (Phi) is 2.93. The molecule has 108 valence electrons. The van der Waals surface area contributed by atoms with Crippen molar-refractivity contribution >= 4 is 5.91 Å². The maximum atomic E-state index is 12.7. The third-order valence-corrected chi connectivity index (χ3v) is 3.75. The Morgan fingerprint density at radius 2 is 1.95 bits per heavy atom. The molecule has 4 rings (SSSR count). The van der Waals surface area contributed by atoms with Crippen molar-refractivity contribution in [2.45, 2.75) is 13.1 Å². The van der Waals surface area contributed by atoms with Crippen LogP contribution in [0, 0.1) is 0 Å². The average Bonchev–Trinajstić information content (AvgIpc) is 2.97. The molecule has 3 heterocycles. The van der Waals surface area contributed by atoms with Crippen LogP contribution in [-0.4, -0.2) is 30.8 Å². The Morgan fingerprint density at radius 3 is 2.82 bits per heavy atom. The van der Waals surface area contributed by atoms with Crippen molar-refractivity contribution in [2.24, 2.45) is 0 Å². The number of hydrogen-bond donors (Lipinski definition) is 0. The summed E-state index contributed by atoms with van der Waals surface area (Å²) in [5.74, 6) is -0.0439. The standard InChI is InChI=1S/C16H13N5O/c22-16(12-5-3-7-17-8-12)20-10-13-4-1-2-6-15(13)21-14(11-20)9-18-19-21/h1-9H,10-11H2. The third kappa shape index (κ3) is 2.05. The molecule has 1 aliphatic rings. The Hall–Kier alpha value is -3.02. The van der Waals surface area contributed by atoms with E-state index in [9.17, 15) is 4.79 Å². The molecule has 0 aliphatic carbocycles. The number of benzene rings is 1. The molecule has 0 N–H and O–H groups in total. The number of fused-ring (bicyclic) bond motifs is 3. The lowest BCUT2D eigenvalue weighted by Gasteiger charge is -2.20. The highest BCUT2D eigenvalue weighted by Crippen LogP contribution is 2.23. The minimum Gasteiger partial charge on any atom is -0.328 e. The maximum Gasteiger partial charge on any atom is 0.256 e. The Balaban J connectivity index is 1.77. The van der Waals surface area contributed by atoms with Crippen LogP contribution in [0.25, 0.3) is 5.69 Å². The fraction of sp³-hybridized carbons (Fsp3) is 0.125. The van der Waals surface area contributed by atoms with E-state index in [0.717, 1.165) is 16.9 Å². The highest BCUT2D eigenvalue weighted by molar-refractivity contribution is 5.93. The predicted octanol–water partition coefficient (Wildman–Crippen LogP) is 1.82. The van der Waals surface area contributed by atoms with Crippen molar-refractivity contribution in [3.05, 3.63) is 71.8 Å². The molecular formula is C16H13N5O. The van der Waals surface area contributed by atoms with Gasteiger partial charge in [0.25, 0.3) is 5.91 Å². The zero-order valence-electron chi connectivity index (χ0n) is 11.8. The first-order valence-electron chi connectivity index (χ1n) is 7.00. The first kappa shape index (κ1) is 12.7. The van der Waals surface area contributed by atoms with E-state index in [1.165, 1.54) is 0 Å². The largest absolute Gasteiger partial charge is 0.328 e. The SMILES string of the molecule is O=C(c1cccnc1)N1Cc2ccccc2-n2nncc2C1. The second-order valence-corrected chi connectivity index (χ2v) is 5.17. The highest BCUT2D eigenvalue weighted by Gasteiger charge is 2.24. The van der Waals surface area contributed by atoms with E-state index >= 15 is 0 Å². The number of carbonyl (C=O) groups excluding carboxylic acids is 1. The van der Waals surface area contributed by atoms with Crippen LogP contribution < -0.4 is 0 Å². The van der Waals surface area contributed by atoms with E-state index in [-0.39, 0.29) is 5.91 Å². The summed E-state index contributed by atoms with van der Waals surface area (Å²) in [5, 5.41) is 8.11. The molecule has 0 spiro atoms. The normalized spacial score (nSPS) is 13.2. The van der Waals surface area contributed by atoms with Crippen molar-refractivity contribution in [3.8, 4) is 5.69 Å². The molecule has 6 nitrogen and oxygen atoms in total. The van der Waals surface area contributed by atoms with Crippen LogP contribution in [0.5, 0.6) is 0 Å². The van der Waals surface area contributed by atoms with Crippen LogP contribution in [-0.2, 0) is 13.1 Å². The van der Waals surface area contributed by atoms with Gasteiger partial charge < -0.3 is 4.90 Å². The minimum absolute atomic E-state index is 0.0439. The van der Waals surface area contributed by atoms with Crippen LogP contribution in [0.15, 0.2) is 55.0 Å². The summed E-state index contributed by atoms with van der Waals surface area (Å²) in [6, 6.07) is 11.5. The molecule has 1 aliphatic heterocycles. The summed E-state index contributed by atoms with van der Waals surface area (Å²) < 4.78 is 1.80. The first-order valence-corrected chi connectivity index (χ1v) is 7.00. The summed E-state index contributed by atoms with van der Waals surface area (Å²) in [7, 11) is 0. The van der Waals surface area contributed by atoms with Gasteiger partial charge in [0.1, 0.15) is 0 Å². The Labute approximate surface area is 127 Å². The van der Waals surface area contributed by atoms with E-state index in [2.05, 4.69) is 15.3 Å². The molecule has 0 radical (unpaired) electrons. The first-order chi connectivity index (χ1) is 10.8. The van der Waals surface area contributed by atoms with Crippen molar-refractivity contribution < 1.29 is 4.79 Å². The number of carbonyl (C=O) groups is 1. The smallest absolute Gasteiger partial charge is 0.256 e. The van der Waals surface area contributed by atoms with E-state index in [1.54, 1.807) is 40.3 Å². The van der Waals surface area contributed by atoms with Gasteiger partial charge in [-0.1, -0.05) is 23.4 Å². The van der Waals surface area contributed by atoms with Gasteiger partial charge in [0.2, 0.25) is 0 Å². The molecule has 1 aromatic carbocycles. The van der Waals surface area contributed by atoms with Crippen LogP contribution >= 0.6 is 0 Å². The second-order valence-electron chi connectivity index (χ2n) is 5.17. The zero-order chi connectivity index (χ0) is 14.9. The molecule has 0 atom stereocenters. The summed E-state index contributed by atoms with van der Waals surface area (Å²) in [6.45, 7) is 1.00. The molecule has 22 heavy (non-hydrogen) atoms. The number of para-hydroxylation sites is 1. The Morgan fingerprint density at radius 1 is 1.05 bits per heavy atom. The number of nitrogens with zero attached hydrogens (tertiary/aromatic N) is 5. The fourth-order valence-electron chi connectivity index (χ4n) is 2.69. The van der Waals surface area contributed by atoms with Gasteiger partial charge in [-0.2, -0.15) is 0 Å². The molecule has 0 bridgehead atoms. The number of amides is 1. The minimum atomic E-state index is -0.0439. The number of rotatable bonds is 1. The van der Waals surface area contributed by atoms with E-state index in [4.69, 9.17) is 0 Å². The lowest BCUT2D eigenvalue weighted by atomic mass is 10.1. The van der Waals surface area contributed by atoms with Crippen LogP contribution in [0.1, 0.15) is 21.6 Å². The number of pyridine rings is 1. The Bertz CT molecular complexity index is 827. The van der Waals surface area contributed by atoms with Crippen LogP contribution in [0.3, 0.4) is 0 Å².